The number of halogens is 1. The molecule has 118 valence electrons. The van der Waals surface area contributed by atoms with Gasteiger partial charge >= 0.3 is 0 Å². The molecular formula is C18H17ClN2O2. The minimum atomic E-state index is -0.487. The maximum absolute atomic E-state index is 12.5. The Morgan fingerprint density at radius 1 is 1.13 bits per heavy atom. The second-order valence-corrected chi connectivity index (χ2v) is 6.08. The first-order valence-electron chi connectivity index (χ1n) is 7.49. The second kappa shape index (κ2) is 6.42. The van der Waals surface area contributed by atoms with E-state index < -0.39 is 6.04 Å². The van der Waals surface area contributed by atoms with Crippen LogP contribution in [0.4, 0.5) is 5.69 Å². The van der Waals surface area contributed by atoms with E-state index in [0.717, 1.165) is 11.3 Å². The third-order valence-electron chi connectivity index (χ3n) is 3.96. The first kappa shape index (κ1) is 15.6. The Balaban J connectivity index is 1.68. The highest BCUT2D eigenvalue weighted by Gasteiger charge is 2.33. The highest BCUT2D eigenvalue weighted by molar-refractivity contribution is 6.30. The fourth-order valence-electron chi connectivity index (χ4n) is 2.64. The van der Waals surface area contributed by atoms with Crippen LogP contribution in [0, 0.1) is 6.92 Å². The van der Waals surface area contributed by atoms with Gasteiger partial charge in [-0.25, -0.2) is 0 Å². The molecule has 2 amide bonds. The van der Waals surface area contributed by atoms with E-state index in [1.807, 2.05) is 31.2 Å². The summed E-state index contributed by atoms with van der Waals surface area (Å²) < 4.78 is 0. The topological polar surface area (TPSA) is 49.4 Å². The summed E-state index contributed by atoms with van der Waals surface area (Å²) in [6.07, 6.45) is 0.603. The summed E-state index contributed by atoms with van der Waals surface area (Å²) in [6.45, 7) is 2.61. The fraction of sp³-hybridized carbons (Fsp3) is 0.222. The van der Waals surface area contributed by atoms with E-state index in [9.17, 15) is 9.59 Å². The van der Waals surface area contributed by atoms with E-state index >= 15 is 0 Å². The summed E-state index contributed by atoms with van der Waals surface area (Å²) in [6, 6.07) is 13.9. The Morgan fingerprint density at radius 3 is 2.43 bits per heavy atom. The molecule has 0 aromatic heterocycles. The number of amides is 2. The molecule has 1 heterocycles. The molecular weight excluding hydrogens is 312 g/mol. The summed E-state index contributed by atoms with van der Waals surface area (Å²) in [5, 5.41) is 3.38. The number of carbonyl (C=O) groups is 2. The molecule has 1 aliphatic rings. The van der Waals surface area contributed by atoms with Gasteiger partial charge in [0.05, 0.1) is 0 Å². The summed E-state index contributed by atoms with van der Waals surface area (Å²) >= 11 is 5.82. The van der Waals surface area contributed by atoms with E-state index in [0.29, 0.717) is 23.6 Å². The largest absolute Gasteiger partial charge is 0.340 e. The van der Waals surface area contributed by atoms with E-state index in [-0.39, 0.29) is 11.8 Å². The van der Waals surface area contributed by atoms with E-state index in [1.54, 1.807) is 29.2 Å². The molecule has 0 bridgehead atoms. The molecule has 0 spiro atoms. The molecule has 0 radical (unpaired) electrons. The van der Waals surface area contributed by atoms with Crippen LogP contribution in [0.25, 0.3) is 0 Å². The smallest absolute Gasteiger partial charge is 0.251 e. The number of nitrogens with one attached hydrogen (secondary N) is 1. The van der Waals surface area contributed by atoms with Crippen LogP contribution < -0.4 is 10.2 Å². The Kier molecular flexibility index (Phi) is 4.35. The van der Waals surface area contributed by atoms with Crippen molar-refractivity contribution in [1.82, 2.24) is 5.32 Å². The van der Waals surface area contributed by atoms with Crippen molar-refractivity contribution < 1.29 is 9.59 Å². The van der Waals surface area contributed by atoms with Gasteiger partial charge in [0, 0.05) is 22.8 Å². The number of carbonyl (C=O) groups excluding carboxylic acids is 2. The molecule has 2 aromatic carbocycles. The molecule has 0 saturated carbocycles. The standard InChI is InChI=1S/C18H17ClN2O2/c1-12-2-8-15(9-3-12)21-11-10-16(18(21)23)20-17(22)13-4-6-14(19)7-5-13/h2-9,16H,10-11H2,1H3,(H,20,22)/t16-/m1/s1. The van der Waals surface area contributed by atoms with Gasteiger partial charge in [0.1, 0.15) is 6.04 Å². The van der Waals surface area contributed by atoms with Crippen molar-refractivity contribution in [2.24, 2.45) is 0 Å². The van der Waals surface area contributed by atoms with Gasteiger partial charge in [-0.15, -0.1) is 0 Å². The highest BCUT2D eigenvalue weighted by atomic mass is 35.5. The van der Waals surface area contributed by atoms with E-state index in [2.05, 4.69) is 5.32 Å². The minimum absolute atomic E-state index is 0.0730. The third kappa shape index (κ3) is 3.37. The third-order valence-corrected chi connectivity index (χ3v) is 4.21. The van der Waals surface area contributed by atoms with Crippen LogP contribution in [0.15, 0.2) is 48.5 Å². The lowest BCUT2D eigenvalue weighted by Gasteiger charge is -2.17. The van der Waals surface area contributed by atoms with Gasteiger partial charge < -0.3 is 10.2 Å². The number of rotatable bonds is 3. The van der Waals surface area contributed by atoms with Crippen molar-refractivity contribution in [2.45, 2.75) is 19.4 Å². The normalized spacial score (nSPS) is 17.4. The van der Waals surface area contributed by atoms with Gasteiger partial charge in [0.2, 0.25) is 5.91 Å². The highest BCUT2D eigenvalue weighted by Crippen LogP contribution is 2.22. The van der Waals surface area contributed by atoms with Crippen molar-refractivity contribution in [2.75, 3.05) is 11.4 Å². The number of hydrogen-bond acceptors (Lipinski definition) is 2. The Hall–Kier alpha value is -2.33. The van der Waals surface area contributed by atoms with Crippen LogP contribution in [0.1, 0.15) is 22.3 Å². The fourth-order valence-corrected chi connectivity index (χ4v) is 2.76. The van der Waals surface area contributed by atoms with Crippen molar-refractivity contribution in [3.05, 3.63) is 64.7 Å². The second-order valence-electron chi connectivity index (χ2n) is 5.65. The molecule has 0 unspecified atom stereocenters. The first-order chi connectivity index (χ1) is 11.0. The lowest BCUT2D eigenvalue weighted by atomic mass is 10.2. The Labute approximate surface area is 140 Å². The number of anilines is 1. The average Bonchev–Trinajstić information content (AvgIpc) is 2.90. The molecule has 23 heavy (non-hydrogen) atoms. The van der Waals surface area contributed by atoms with Crippen LogP contribution in [0.2, 0.25) is 5.02 Å². The molecule has 3 rings (SSSR count). The Morgan fingerprint density at radius 2 is 1.78 bits per heavy atom. The predicted octanol–water partition coefficient (Wildman–Crippen LogP) is 3.18. The number of hydrogen-bond donors (Lipinski definition) is 1. The average molecular weight is 329 g/mol. The summed E-state index contributed by atoms with van der Waals surface area (Å²) in [5.74, 6) is -0.332. The van der Waals surface area contributed by atoms with E-state index in [4.69, 9.17) is 11.6 Å². The van der Waals surface area contributed by atoms with Crippen LogP contribution in [-0.2, 0) is 4.79 Å². The van der Waals surface area contributed by atoms with Crippen molar-refractivity contribution in [3.8, 4) is 0 Å². The van der Waals surface area contributed by atoms with Crippen LogP contribution in [0.3, 0.4) is 0 Å². The van der Waals surface area contributed by atoms with Gasteiger partial charge in [-0.3, -0.25) is 9.59 Å². The zero-order chi connectivity index (χ0) is 16.4. The molecule has 1 aliphatic heterocycles. The first-order valence-corrected chi connectivity index (χ1v) is 7.87. The maximum Gasteiger partial charge on any atom is 0.251 e. The quantitative estimate of drug-likeness (QED) is 0.940. The van der Waals surface area contributed by atoms with Crippen LogP contribution in [0.5, 0.6) is 0 Å². The molecule has 4 nitrogen and oxygen atoms in total. The molecule has 1 atom stereocenters. The SMILES string of the molecule is Cc1ccc(N2CC[C@@H](NC(=O)c3ccc(Cl)cc3)C2=O)cc1. The molecule has 5 heteroatoms. The van der Waals surface area contributed by atoms with Gasteiger partial charge in [0.25, 0.3) is 5.91 Å². The van der Waals surface area contributed by atoms with Crippen molar-refractivity contribution in [3.63, 3.8) is 0 Å². The zero-order valence-electron chi connectivity index (χ0n) is 12.8. The van der Waals surface area contributed by atoms with E-state index in [1.165, 1.54) is 0 Å². The predicted molar refractivity (Wildman–Crippen MR) is 90.9 cm³/mol. The Bertz CT molecular complexity index is 726. The van der Waals surface area contributed by atoms with Crippen LogP contribution in [-0.4, -0.2) is 24.4 Å². The van der Waals surface area contributed by atoms with Gasteiger partial charge in [-0.2, -0.15) is 0 Å². The van der Waals surface area contributed by atoms with Gasteiger partial charge in [-0.05, 0) is 49.7 Å². The summed E-state index contributed by atoms with van der Waals surface area (Å²) in [7, 11) is 0. The molecule has 2 aromatic rings. The summed E-state index contributed by atoms with van der Waals surface area (Å²) in [4.78, 5) is 26.4. The van der Waals surface area contributed by atoms with Crippen LogP contribution >= 0.6 is 11.6 Å². The van der Waals surface area contributed by atoms with Crippen molar-refractivity contribution in [1.29, 1.82) is 0 Å². The lowest BCUT2D eigenvalue weighted by Crippen LogP contribution is -2.41. The monoisotopic (exact) mass is 328 g/mol. The van der Waals surface area contributed by atoms with Gasteiger partial charge in [-0.1, -0.05) is 29.3 Å². The van der Waals surface area contributed by atoms with Gasteiger partial charge in [0.15, 0.2) is 0 Å². The number of aryl methyl sites for hydroxylation is 1. The number of nitrogens with zero attached hydrogens (tertiary/aromatic N) is 1. The lowest BCUT2D eigenvalue weighted by molar-refractivity contribution is -0.118. The molecule has 0 aliphatic carbocycles. The maximum atomic E-state index is 12.5. The minimum Gasteiger partial charge on any atom is -0.340 e. The number of benzene rings is 2. The van der Waals surface area contributed by atoms with Crippen molar-refractivity contribution >= 4 is 29.1 Å². The zero-order valence-corrected chi connectivity index (χ0v) is 13.5. The molecule has 1 N–H and O–H groups in total. The molecule has 1 saturated heterocycles. The summed E-state index contributed by atoms with van der Waals surface area (Å²) in [5.41, 5.74) is 2.51. The molecule has 1 fully saturated rings.